The quantitative estimate of drug-likeness (QED) is 0.724. The van der Waals surface area contributed by atoms with Crippen molar-refractivity contribution < 1.29 is 13.6 Å². The van der Waals surface area contributed by atoms with E-state index in [4.69, 9.17) is 0 Å². The van der Waals surface area contributed by atoms with Gasteiger partial charge in [0.15, 0.2) is 0 Å². The minimum atomic E-state index is -2.57. The Morgan fingerprint density at radius 3 is 2.44 bits per heavy atom. The van der Waals surface area contributed by atoms with Gasteiger partial charge in [-0.1, -0.05) is 50.1 Å². The Morgan fingerprint density at radius 2 is 2.00 bits per heavy atom. The largest absolute Gasteiger partial charge is 0.298 e. The number of Topliss-reactive ketones (excluding diaryl/α,β-unsaturated/α-hetero) is 1. The fourth-order valence-electron chi connectivity index (χ4n) is 1.34. The number of rotatable bonds is 4. The van der Waals surface area contributed by atoms with E-state index < -0.39 is 11.3 Å². The third kappa shape index (κ3) is 3.10. The Morgan fingerprint density at radius 1 is 1.38 bits per heavy atom. The highest BCUT2D eigenvalue weighted by Gasteiger charge is 2.21. The van der Waals surface area contributed by atoms with Crippen molar-refractivity contribution in [2.45, 2.75) is 23.5 Å². The van der Waals surface area contributed by atoms with Crippen LogP contribution in [0.2, 0.25) is 0 Å². The van der Waals surface area contributed by atoms with E-state index in [-0.39, 0.29) is 11.3 Å². The Kier molecular flexibility index (Phi) is 5.05. The third-order valence-electron chi connectivity index (χ3n) is 2.17. The Balaban J connectivity index is 3.25. The molecule has 1 rings (SSSR count). The first kappa shape index (κ1) is 13.8. The highest BCUT2D eigenvalue weighted by Crippen LogP contribution is 2.33. The molecular weight excluding hydrogens is 346 g/mol. The van der Waals surface area contributed by atoms with Crippen molar-refractivity contribution in [3.05, 3.63) is 34.9 Å². The molecule has 0 aliphatic heterocycles. The summed E-state index contributed by atoms with van der Waals surface area (Å²) in [4.78, 5) is 10.5. The van der Waals surface area contributed by atoms with Gasteiger partial charge in [0.2, 0.25) is 0 Å². The van der Waals surface area contributed by atoms with Crippen LogP contribution < -0.4 is 0 Å². The minimum Gasteiger partial charge on any atom is -0.298 e. The lowest BCUT2D eigenvalue weighted by atomic mass is 10.0. The van der Waals surface area contributed by atoms with Gasteiger partial charge >= 0.3 is 0 Å². The first-order valence-electron chi connectivity index (χ1n) is 4.58. The van der Waals surface area contributed by atoms with Crippen molar-refractivity contribution >= 4 is 37.6 Å². The van der Waals surface area contributed by atoms with Gasteiger partial charge in [-0.2, -0.15) is 0 Å². The summed E-state index contributed by atoms with van der Waals surface area (Å²) < 4.78 is 25.5. The molecule has 1 unspecified atom stereocenters. The van der Waals surface area contributed by atoms with Crippen LogP contribution in [0.25, 0.3) is 0 Å². The summed E-state index contributed by atoms with van der Waals surface area (Å²) in [5.41, 5.74) is 1.12. The van der Waals surface area contributed by atoms with Gasteiger partial charge in [0.1, 0.15) is 5.78 Å². The van der Waals surface area contributed by atoms with Crippen LogP contribution in [-0.4, -0.2) is 5.78 Å². The monoisotopic (exact) mass is 354 g/mol. The summed E-state index contributed by atoms with van der Waals surface area (Å²) >= 11 is 6.39. The van der Waals surface area contributed by atoms with E-state index in [0.717, 1.165) is 5.56 Å². The Bertz CT molecular complexity index is 394. The maximum atomic E-state index is 12.7. The lowest BCUT2D eigenvalue weighted by Crippen LogP contribution is -2.06. The van der Waals surface area contributed by atoms with Crippen molar-refractivity contribution in [1.29, 1.82) is 0 Å². The molecule has 0 heterocycles. The molecule has 1 atom stereocenters. The van der Waals surface area contributed by atoms with Crippen molar-refractivity contribution in [1.82, 2.24) is 0 Å². The van der Waals surface area contributed by atoms with Gasteiger partial charge in [0.05, 0.1) is 4.83 Å². The van der Waals surface area contributed by atoms with Crippen LogP contribution in [0.4, 0.5) is 8.78 Å². The second-order valence-corrected chi connectivity index (χ2v) is 4.85. The minimum absolute atomic E-state index is 0.0956. The van der Waals surface area contributed by atoms with E-state index in [1.807, 2.05) is 0 Å². The zero-order valence-electron chi connectivity index (χ0n) is 8.51. The van der Waals surface area contributed by atoms with Crippen LogP contribution in [0.3, 0.4) is 0 Å². The molecule has 5 heteroatoms. The maximum absolute atomic E-state index is 12.7. The predicted molar refractivity (Wildman–Crippen MR) is 66.4 cm³/mol. The van der Waals surface area contributed by atoms with E-state index in [0.29, 0.717) is 10.9 Å². The molecule has 0 amide bonds. The average Bonchev–Trinajstić information content (AvgIpc) is 2.26. The summed E-state index contributed by atoms with van der Waals surface area (Å²) in [5.74, 6) is -0.186. The van der Waals surface area contributed by atoms with Crippen LogP contribution >= 0.6 is 31.9 Å². The Hall–Kier alpha value is -0.290. The molecule has 0 saturated heterocycles. The van der Waals surface area contributed by atoms with E-state index >= 15 is 0 Å². The molecule has 0 aromatic heterocycles. The number of benzene rings is 1. The van der Waals surface area contributed by atoms with Crippen molar-refractivity contribution in [3.8, 4) is 0 Å². The molecule has 0 aliphatic rings. The second kappa shape index (κ2) is 5.87. The lowest BCUT2D eigenvalue weighted by molar-refractivity contribution is -0.116. The van der Waals surface area contributed by atoms with Crippen molar-refractivity contribution in [3.63, 3.8) is 0 Å². The van der Waals surface area contributed by atoms with Crippen LogP contribution in [0, 0.1) is 0 Å². The van der Waals surface area contributed by atoms with Gasteiger partial charge < -0.3 is 0 Å². The fourth-order valence-corrected chi connectivity index (χ4v) is 2.09. The molecule has 0 fully saturated rings. The van der Waals surface area contributed by atoms with Crippen molar-refractivity contribution in [2.75, 3.05) is 0 Å². The normalized spacial score (nSPS) is 12.9. The van der Waals surface area contributed by atoms with E-state index in [2.05, 4.69) is 31.9 Å². The summed E-state index contributed by atoms with van der Waals surface area (Å²) in [5, 5.41) is 0.571. The number of ketones is 1. The molecular formula is C11H10Br2F2O. The molecule has 1 aromatic rings. The third-order valence-corrected chi connectivity index (χ3v) is 3.96. The summed E-state index contributed by atoms with van der Waals surface area (Å²) in [6, 6.07) is 4.62. The van der Waals surface area contributed by atoms with Gasteiger partial charge in [0, 0.05) is 10.9 Å². The van der Waals surface area contributed by atoms with Gasteiger partial charge in [0.25, 0.3) is 6.43 Å². The van der Waals surface area contributed by atoms with Crippen LogP contribution in [0.15, 0.2) is 18.2 Å². The van der Waals surface area contributed by atoms with Crippen molar-refractivity contribution in [2.24, 2.45) is 0 Å². The van der Waals surface area contributed by atoms with Crippen LogP contribution in [0.5, 0.6) is 0 Å². The molecule has 0 saturated carbocycles. The average molecular weight is 356 g/mol. The zero-order valence-corrected chi connectivity index (χ0v) is 11.7. The SMILES string of the molecule is CC(=O)C(Br)c1cc(CBr)ccc1C(F)F. The standard InChI is InChI=1S/C11H10Br2F2O/c1-6(16)10(13)9-4-7(5-12)2-3-8(9)11(14)15/h2-4,10-11H,5H2,1H3. The zero-order chi connectivity index (χ0) is 12.3. The van der Waals surface area contributed by atoms with Gasteiger partial charge in [-0.15, -0.1) is 0 Å². The molecule has 0 spiro atoms. The number of carbonyl (C=O) groups excluding carboxylic acids is 1. The molecule has 0 N–H and O–H groups in total. The van der Waals surface area contributed by atoms with E-state index in [1.165, 1.54) is 13.0 Å². The fraction of sp³-hybridized carbons (Fsp3) is 0.364. The highest BCUT2D eigenvalue weighted by molar-refractivity contribution is 9.09. The predicted octanol–water partition coefficient (Wildman–Crippen LogP) is 4.54. The summed E-state index contributed by atoms with van der Waals surface area (Å²) in [7, 11) is 0. The van der Waals surface area contributed by atoms with Crippen LogP contribution in [-0.2, 0) is 10.1 Å². The van der Waals surface area contributed by atoms with E-state index in [1.54, 1.807) is 12.1 Å². The highest BCUT2D eigenvalue weighted by atomic mass is 79.9. The molecule has 1 aromatic carbocycles. The van der Waals surface area contributed by atoms with Gasteiger partial charge in [-0.25, -0.2) is 8.78 Å². The Labute approximate surface area is 109 Å². The number of hydrogen-bond donors (Lipinski definition) is 0. The first-order valence-corrected chi connectivity index (χ1v) is 6.62. The molecule has 16 heavy (non-hydrogen) atoms. The maximum Gasteiger partial charge on any atom is 0.264 e. The molecule has 0 radical (unpaired) electrons. The molecule has 0 bridgehead atoms. The van der Waals surface area contributed by atoms with E-state index in [9.17, 15) is 13.6 Å². The number of halogens is 4. The molecule has 0 aliphatic carbocycles. The van der Waals surface area contributed by atoms with Gasteiger partial charge in [-0.05, 0) is 18.1 Å². The number of alkyl halides is 4. The van der Waals surface area contributed by atoms with Gasteiger partial charge in [-0.3, -0.25) is 4.79 Å². The smallest absolute Gasteiger partial charge is 0.264 e. The number of hydrogen-bond acceptors (Lipinski definition) is 1. The first-order chi connectivity index (χ1) is 7.47. The number of carbonyl (C=O) groups is 1. The second-order valence-electron chi connectivity index (χ2n) is 3.37. The summed E-state index contributed by atoms with van der Waals surface area (Å²) in [6.07, 6.45) is -2.57. The summed E-state index contributed by atoms with van der Waals surface area (Å²) in [6.45, 7) is 1.37. The van der Waals surface area contributed by atoms with Crippen LogP contribution in [0.1, 0.15) is 34.9 Å². The molecule has 88 valence electrons. The topological polar surface area (TPSA) is 17.1 Å². The molecule has 1 nitrogen and oxygen atoms in total. The lowest BCUT2D eigenvalue weighted by Gasteiger charge is -2.13.